The number of carbonyl (C=O) groups is 1. The van der Waals surface area contributed by atoms with Gasteiger partial charge < -0.3 is 5.32 Å². The molecule has 3 atom stereocenters. The number of rotatable bonds is 5. The number of aryl methyl sites for hydroxylation is 1. The Morgan fingerprint density at radius 2 is 2.08 bits per heavy atom. The van der Waals surface area contributed by atoms with Crippen molar-refractivity contribution >= 4 is 33.2 Å². The fourth-order valence-electron chi connectivity index (χ4n) is 4.08. The van der Waals surface area contributed by atoms with Gasteiger partial charge in [-0.15, -0.1) is 0 Å². The van der Waals surface area contributed by atoms with E-state index in [4.69, 9.17) is 11.6 Å². The predicted octanol–water partition coefficient (Wildman–Crippen LogP) is 2.72. The van der Waals surface area contributed by atoms with Crippen LogP contribution in [0.5, 0.6) is 0 Å². The summed E-state index contributed by atoms with van der Waals surface area (Å²) in [5.74, 6) is 1.04. The van der Waals surface area contributed by atoms with Crippen molar-refractivity contribution in [2.45, 2.75) is 38.6 Å². The number of hydrogen-bond acceptors (Lipinski definition) is 3. The fraction of sp³-hybridized carbons (Fsp3) is 0.588. The van der Waals surface area contributed by atoms with Crippen molar-refractivity contribution in [2.24, 2.45) is 11.8 Å². The number of amides is 1. The van der Waals surface area contributed by atoms with Gasteiger partial charge in [-0.05, 0) is 61.8 Å². The lowest BCUT2D eigenvalue weighted by molar-refractivity contribution is -0.120. The van der Waals surface area contributed by atoms with Gasteiger partial charge in [0, 0.05) is 11.1 Å². The van der Waals surface area contributed by atoms with Crippen LogP contribution < -0.4 is 9.62 Å². The number of sulfonamides is 1. The zero-order valence-electron chi connectivity index (χ0n) is 14.0. The second kappa shape index (κ2) is 6.56. The highest BCUT2D eigenvalue weighted by atomic mass is 35.5. The Kier molecular flexibility index (Phi) is 4.80. The lowest BCUT2D eigenvalue weighted by atomic mass is 9.95. The molecule has 2 bridgehead atoms. The van der Waals surface area contributed by atoms with Crippen LogP contribution in [-0.4, -0.2) is 33.2 Å². The Labute approximate surface area is 148 Å². The van der Waals surface area contributed by atoms with E-state index in [0.717, 1.165) is 28.5 Å². The second-order valence-electron chi connectivity index (χ2n) is 7.05. The van der Waals surface area contributed by atoms with E-state index in [2.05, 4.69) is 5.32 Å². The number of benzene rings is 1. The van der Waals surface area contributed by atoms with Crippen LogP contribution in [0.3, 0.4) is 0 Å². The third kappa shape index (κ3) is 3.70. The smallest absolute Gasteiger partial charge is 0.241 e. The average molecular weight is 371 g/mol. The highest BCUT2D eigenvalue weighted by Gasteiger charge is 2.40. The SMILES string of the molecule is Cc1cc(Cl)ccc1N(CC(=O)N[C@H]1C[C@H]2CC[C@H]1C2)S(C)(=O)=O. The quantitative estimate of drug-likeness (QED) is 0.866. The van der Waals surface area contributed by atoms with Gasteiger partial charge in [-0.2, -0.15) is 0 Å². The summed E-state index contributed by atoms with van der Waals surface area (Å²) in [6, 6.07) is 5.17. The molecule has 5 nitrogen and oxygen atoms in total. The van der Waals surface area contributed by atoms with E-state index in [1.54, 1.807) is 25.1 Å². The Balaban J connectivity index is 1.74. The number of fused-ring (bicyclic) bond motifs is 2. The Morgan fingerprint density at radius 1 is 1.33 bits per heavy atom. The van der Waals surface area contributed by atoms with Crippen LogP contribution in [0.4, 0.5) is 5.69 Å². The zero-order valence-corrected chi connectivity index (χ0v) is 15.5. The summed E-state index contributed by atoms with van der Waals surface area (Å²) >= 11 is 5.94. The molecule has 1 amide bonds. The molecule has 2 saturated carbocycles. The molecule has 0 saturated heterocycles. The largest absolute Gasteiger partial charge is 0.352 e. The summed E-state index contributed by atoms with van der Waals surface area (Å²) in [5.41, 5.74) is 1.21. The first kappa shape index (κ1) is 17.5. The summed E-state index contributed by atoms with van der Waals surface area (Å²) in [6.45, 7) is 1.59. The van der Waals surface area contributed by atoms with E-state index in [0.29, 0.717) is 16.6 Å². The maximum atomic E-state index is 12.4. The fourth-order valence-corrected chi connectivity index (χ4v) is 5.22. The standard InChI is InChI=1S/C17H23ClN2O3S/c1-11-7-14(18)5-6-16(11)20(24(2,22)23)10-17(21)19-15-9-12-3-4-13(15)8-12/h5-7,12-13,15H,3-4,8-10H2,1-2H3,(H,19,21)/t12-,13-,15-/m0/s1. The predicted molar refractivity (Wildman–Crippen MR) is 95.8 cm³/mol. The summed E-state index contributed by atoms with van der Waals surface area (Å²) < 4.78 is 25.5. The van der Waals surface area contributed by atoms with Crippen molar-refractivity contribution in [1.29, 1.82) is 0 Å². The van der Waals surface area contributed by atoms with Crippen LogP contribution in [0.15, 0.2) is 18.2 Å². The summed E-state index contributed by atoms with van der Waals surface area (Å²) in [6.07, 6.45) is 5.76. The molecule has 0 heterocycles. The van der Waals surface area contributed by atoms with Crippen LogP contribution in [0.2, 0.25) is 5.02 Å². The van der Waals surface area contributed by atoms with Gasteiger partial charge in [0.05, 0.1) is 11.9 Å². The summed E-state index contributed by atoms with van der Waals surface area (Å²) in [4.78, 5) is 12.4. The van der Waals surface area contributed by atoms with Crippen LogP contribution in [0, 0.1) is 18.8 Å². The summed E-state index contributed by atoms with van der Waals surface area (Å²) in [5, 5.41) is 3.58. The minimum absolute atomic E-state index is 0.198. The normalized spacial score (nSPS) is 25.7. The molecule has 0 spiro atoms. The molecule has 0 aliphatic heterocycles. The number of halogens is 1. The molecule has 24 heavy (non-hydrogen) atoms. The van der Waals surface area contributed by atoms with E-state index < -0.39 is 10.0 Å². The number of hydrogen-bond donors (Lipinski definition) is 1. The van der Waals surface area contributed by atoms with Gasteiger partial charge in [-0.1, -0.05) is 18.0 Å². The highest BCUT2D eigenvalue weighted by molar-refractivity contribution is 7.92. The molecule has 2 aliphatic carbocycles. The molecule has 1 aromatic carbocycles. The van der Waals surface area contributed by atoms with Crippen LogP contribution in [0.1, 0.15) is 31.2 Å². The first-order valence-corrected chi connectivity index (χ1v) is 10.5. The van der Waals surface area contributed by atoms with E-state index >= 15 is 0 Å². The molecule has 3 rings (SSSR count). The number of nitrogens with zero attached hydrogens (tertiary/aromatic N) is 1. The lowest BCUT2D eigenvalue weighted by Crippen LogP contribution is -2.45. The van der Waals surface area contributed by atoms with Crippen molar-refractivity contribution < 1.29 is 13.2 Å². The third-order valence-electron chi connectivity index (χ3n) is 5.20. The molecule has 0 aromatic heterocycles. The minimum Gasteiger partial charge on any atom is -0.352 e. The van der Waals surface area contributed by atoms with E-state index in [9.17, 15) is 13.2 Å². The monoisotopic (exact) mass is 370 g/mol. The molecule has 2 fully saturated rings. The van der Waals surface area contributed by atoms with E-state index in [-0.39, 0.29) is 18.5 Å². The number of anilines is 1. The second-order valence-corrected chi connectivity index (χ2v) is 9.39. The first-order valence-electron chi connectivity index (χ1n) is 8.27. The van der Waals surface area contributed by atoms with Crippen molar-refractivity contribution in [2.75, 3.05) is 17.1 Å². The van der Waals surface area contributed by atoms with Gasteiger partial charge >= 0.3 is 0 Å². The molecule has 0 unspecified atom stereocenters. The molecule has 0 radical (unpaired) electrons. The van der Waals surface area contributed by atoms with Crippen molar-refractivity contribution in [3.63, 3.8) is 0 Å². The molecule has 132 valence electrons. The Bertz CT molecular complexity index is 750. The van der Waals surface area contributed by atoms with Gasteiger partial charge in [-0.25, -0.2) is 8.42 Å². The highest BCUT2D eigenvalue weighted by Crippen LogP contribution is 2.44. The maximum Gasteiger partial charge on any atom is 0.241 e. The number of carbonyl (C=O) groups excluding carboxylic acids is 1. The molecule has 1 N–H and O–H groups in total. The van der Waals surface area contributed by atoms with Gasteiger partial charge in [-0.3, -0.25) is 9.10 Å². The molecule has 7 heteroatoms. The van der Waals surface area contributed by atoms with Gasteiger partial charge in [0.2, 0.25) is 15.9 Å². The molecular formula is C17H23ClN2O3S. The van der Waals surface area contributed by atoms with Gasteiger partial charge in [0.15, 0.2) is 0 Å². The van der Waals surface area contributed by atoms with Gasteiger partial charge in [0.1, 0.15) is 6.54 Å². The number of nitrogens with one attached hydrogen (secondary N) is 1. The minimum atomic E-state index is -3.56. The molecule has 1 aromatic rings. The lowest BCUT2D eigenvalue weighted by Gasteiger charge is -2.27. The van der Waals surface area contributed by atoms with Crippen molar-refractivity contribution in [3.8, 4) is 0 Å². The maximum absolute atomic E-state index is 12.4. The van der Waals surface area contributed by atoms with E-state index in [1.807, 2.05) is 0 Å². The Morgan fingerprint density at radius 3 is 2.62 bits per heavy atom. The van der Waals surface area contributed by atoms with Crippen molar-refractivity contribution in [1.82, 2.24) is 5.32 Å². The van der Waals surface area contributed by atoms with Crippen LogP contribution in [-0.2, 0) is 14.8 Å². The third-order valence-corrected chi connectivity index (χ3v) is 6.56. The van der Waals surface area contributed by atoms with Gasteiger partial charge in [0.25, 0.3) is 0 Å². The van der Waals surface area contributed by atoms with Crippen molar-refractivity contribution in [3.05, 3.63) is 28.8 Å². The summed E-state index contributed by atoms with van der Waals surface area (Å²) in [7, 11) is -3.56. The molecule has 2 aliphatic rings. The van der Waals surface area contributed by atoms with E-state index in [1.165, 1.54) is 19.3 Å². The van der Waals surface area contributed by atoms with Crippen LogP contribution >= 0.6 is 11.6 Å². The first-order chi connectivity index (χ1) is 11.2. The molecular weight excluding hydrogens is 348 g/mol. The average Bonchev–Trinajstić information content (AvgIpc) is 3.07. The van der Waals surface area contributed by atoms with Crippen LogP contribution in [0.25, 0.3) is 0 Å². The topological polar surface area (TPSA) is 66.5 Å². The Hall–Kier alpha value is -1.27. The zero-order chi connectivity index (χ0) is 17.5.